The van der Waals surface area contributed by atoms with Crippen LogP contribution in [0.3, 0.4) is 0 Å². The van der Waals surface area contributed by atoms with Crippen LogP contribution >= 0.6 is 35.3 Å². The zero-order valence-corrected chi connectivity index (χ0v) is 30.6. The fraction of sp³-hybridized carbons (Fsp3) is 1.00. The maximum absolute atomic E-state index is 2.32. The van der Waals surface area contributed by atoms with Gasteiger partial charge in [-0.05, 0) is 36.5 Å². The molecular formula is C37H76S3. The third kappa shape index (κ3) is 35.2. The molecule has 0 amide bonds. The van der Waals surface area contributed by atoms with Gasteiger partial charge in [0.2, 0.25) is 0 Å². The van der Waals surface area contributed by atoms with Crippen molar-refractivity contribution in [3.05, 3.63) is 0 Å². The molecule has 0 saturated heterocycles. The van der Waals surface area contributed by atoms with Crippen molar-refractivity contribution in [2.75, 3.05) is 17.3 Å². The van der Waals surface area contributed by atoms with Gasteiger partial charge in [-0.1, -0.05) is 194 Å². The Labute approximate surface area is 268 Å². The van der Waals surface area contributed by atoms with Crippen molar-refractivity contribution in [3.63, 3.8) is 0 Å². The third-order valence-electron chi connectivity index (χ3n) is 8.26. The summed E-state index contributed by atoms with van der Waals surface area (Å²) in [5, 5.41) is 0. The molecule has 0 aliphatic rings. The molecule has 0 fully saturated rings. The van der Waals surface area contributed by atoms with Gasteiger partial charge in [-0.15, -0.1) is 35.3 Å². The highest BCUT2D eigenvalue weighted by atomic mass is 32.3. The Morgan fingerprint density at radius 2 is 0.425 bits per heavy atom. The zero-order chi connectivity index (χ0) is 29.0. The second-order valence-electron chi connectivity index (χ2n) is 12.4. The van der Waals surface area contributed by atoms with Crippen molar-refractivity contribution in [1.82, 2.24) is 0 Å². The van der Waals surface area contributed by atoms with Crippen LogP contribution in [0.25, 0.3) is 0 Å². The maximum Gasteiger partial charge on any atom is 0.0955 e. The molecule has 0 heterocycles. The van der Waals surface area contributed by atoms with Gasteiger partial charge in [-0.2, -0.15) is 0 Å². The van der Waals surface area contributed by atoms with Crippen LogP contribution in [-0.2, 0) is 0 Å². The average Bonchev–Trinajstić information content (AvgIpc) is 2.97. The lowest BCUT2D eigenvalue weighted by atomic mass is 10.1. The number of rotatable bonds is 36. The standard InChI is InChI=1S/C37H76S3/c1-4-7-10-13-16-19-22-25-28-31-34-38-37(39-35-32-29-26-23-20-17-14-11-8-5-2)40-36-33-30-27-24-21-18-15-12-9-6-3/h37H,4-36H2,1-3H3. The van der Waals surface area contributed by atoms with Crippen molar-refractivity contribution in [2.45, 2.75) is 217 Å². The predicted molar refractivity (Wildman–Crippen MR) is 197 cm³/mol. The first kappa shape index (κ1) is 41.0. The minimum absolute atomic E-state index is 0.788. The molecule has 0 unspecified atom stereocenters. The number of hydrogen-bond acceptors (Lipinski definition) is 3. The lowest BCUT2D eigenvalue weighted by molar-refractivity contribution is 0.563. The Morgan fingerprint density at radius 3 is 0.625 bits per heavy atom. The van der Waals surface area contributed by atoms with E-state index < -0.39 is 0 Å². The van der Waals surface area contributed by atoms with E-state index in [9.17, 15) is 0 Å². The molecule has 0 aliphatic heterocycles. The molecule has 0 aromatic carbocycles. The van der Waals surface area contributed by atoms with Crippen LogP contribution in [0, 0.1) is 0 Å². The summed E-state index contributed by atoms with van der Waals surface area (Å²) in [7, 11) is 0. The van der Waals surface area contributed by atoms with Crippen LogP contribution in [-0.4, -0.2) is 21.2 Å². The molecule has 0 radical (unpaired) electrons. The summed E-state index contributed by atoms with van der Waals surface area (Å²) in [6.07, 6.45) is 43.6. The van der Waals surface area contributed by atoms with Gasteiger partial charge in [0.1, 0.15) is 0 Å². The molecule has 0 aromatic rings. The van der Waals surface area contributed by atoms with Crippen LogP contribution in [0.4, 0.5) is 0 Å². The van der Waals surface area contributed by atoms with E-state index in [-0.39, 0.29) is 0 Å². The van der Waals surface area contributed by atoms with Crippen LogP contribution < -0.4 is 0 Å². The number of thioether (sulfide) groups is 3. The molecule has 0 N–H and O–H groups in total. The van der Waals surface area contributed by atoms with E-state index in [0.717, 1.165) is 3.91 Å². The van der Waals surface area contributed by atoms with Gasteiger partial charge in [0, 0.05) is 0 Å². The van der Waals surface area contributed by atoms with E-state index in [1.807, 2.05) is 0 Å². The average molecular weight is 617 g/mol. The van der Waals surface area contributed by atoms with E-state index in [1.54, 1.807) is 0 Å². The molecule has 0 saturated carbocycles. The molecule has 0 spiro atoms. The van der Waals surface area contributed by atoms with Gasteiger partial charge in [-0.25, -0.2) is 0 Å². The van der Waals surface area contributed by atoms with Gasteiger partial charge < -0.3 is 0 Å². The van der Waals surface area contributed by atoms with E-state index in [4.69, 9.17) is 0 Å². The lowest BCUT2D eigenvalue weighted by Crippen LogP contribution is -1.98. The molecule has 0 nitrogen and oxygen atoms in total. The molecule has 0 atom stereocenters. The summed E-state index contributed by atoms with van der Waals surface area (Å²) < 4.78 is 0.788. The normalized spacial score (nSPS) is 11.7. The molecule has 3 heteroatoms. The Morgan fingerprint density at radius 1 is 0.250 bits per heavy atom. The summed E-state index contributed by atoms with van der Waals surface area (Å²) in [5.41, 5.74) is 0. The molecule has 0 bridgehead atoms. The minimum atomic E-state index is 0.788. The van der Waals surface area contributed by atoms with Gasteiger partial charge in [0.05, 0.1) is 3.91 Å². The fourth-order valence-electron chi connectivity index (χ4n) is 5.45. The van der Waals surface area contributed by atoms with Crippen molar-refractivity contribution in [3.8, 4) is 0 Å². The molecule has 242 valence electrons. The Bertz CT molecular complexity index is 366. The van der Waals surface area contributed by atoms with Crippen LogP contribution in [0.5, 0.6) is 0 Å². The maximum atomic E-state index is 2.32. The first-order chi connectivity index (χ1) is 19.8. The lowest BCUT2D eigenvalue weighted by Gasteiger charge is -2.16. The van der Waals surface area contributed by atoms with Crippen molar-refractivity contribution >= 4 is 35.3 Å². The van der Waals surface area contributed by atoms with Crippen LogP contribution in [0.15, 0.2) is 0 Å². The summed E-state index contributed by atoms with van der Waals surface area (Å²) in [4.78, 5) is 0. The third-order valence-corrected chi connectivity index (χ3v) is 13.1. The molecule has 0 aromatic heterocycles. The summed E-state index contributed by atoms with van der Waals surface area (Å²) in [6.45, 7) is 6.95. The SMILES string of the molecule is CCCCCCCCCCCCSC(SCCCCCCCCCCCC)SCCCCCCCCCCCC. The molecule has 0 rings (SSSR count). The van der Waals surface area contributed by atoms with E-state index >= 15 is 0 Å². The van der Waals surface area contributed by atoms with E-state index in [2.05, 4.69) is 56.1 Å². The Balaban J connectivity index is 3.89. The highest BCUT2D eigenvalue weighted by Crippen LogP contribution is 2.36. The monoisotopic (exact) mass is 617 g/mol. The smallest absolute Gasteiger partial charge is 0.0955 e. The summed E-state index contributed by atoms with van der Waals surface area (Å²) in [5.74, 6) is 4.16. The van der Waals surface area contributed by atoms with E-state index in [1.165, 1.54) is 210 Å². The van der Waals surface area contributed by atoms with Gasteiger partial charge in [-0.3, -0.25) is 0 Å². The Kier molecular flexibility index (Phi) is 39.1. The Hall–Kier alpha value is 1.05. The van der Waals surface area contributed by atoms with Gasteiger partial charge >= 0.3 is 0 Å². The second-order valence-corrected chi connectivity index (χ2v) is 17.0. The largest absolute Gasteiger partial charge is 0.137 e. The van der Waals surface area contributed by atoms with Gasteiger partial charge in [0.15, 0.2) is 0 Å². The van der Waals surface area contributed by atoms with Crippen molar-refractivity contribution < 1.29 is 0 Å². The number of hydrogen-bond donors (Lipinski definition) is 0. The summed E-state index contributed by atoms with van der Waals surface area (Å²) in [6, 6.07) is 0. The first-order valence-corrected chi connectivity index (χ1v) is 21.8. The molecule has 0 aliphatic carbocycles. The van der Waals surface area contributed by atoms with E-state index in [0.29, 0.717) is 0 Å². The van der Waals surface area contributed by atoms with Crippen LogP contribution in [0.1, 0.15) is 213 Å². The highest BCUT2D eigenvalue weighted by molar-refractivity contribution is 8.32. The van der Waals surface area contributed by atoms with Crippen molar-refractivity contribution in [2.24, 2.45) is 0 Å². The molecular weight excluding hydrogens is 541 g/mol. The highest BCUT2D eigenvalue weighted by Gasteiger charge is 2.10. The first-order valence-electron chi connectivity index (χ1n) is 18.7. The number of unbranched alkanes of at least 4 members (excludes halogenated alkanes) is 27. The van der Waals surface area contributed by atoms with Crippen LogP contribution in [0.2, 0.25) is 0 Å². The summed E-state index contributed by atoms with van der Waals surface area (Å²) >= 11 is 6.86. The second kappa shape index (κ2) is 38.1. The minimum Gasteiger partial charge on any atom is -0.137 e. The fourth-order valence-corrected chi connectivity index (χ4v) is 10.0. The quantitative estimate of drug-likeness (QED) is 0.0507. The predicted octanol–water partition coefficient (Wildman–Crippen LogP) is 15.2. The van der Waals surface area contributed by atoms with Crippen molar-refractivity contribution in [1.29, 1.82) is 0 Å². The zero-order valence-electron chi connectivity index (χ0n) is 28.1. The molecule has 40 heavy (non-hydrogen) atoms. The topological polar surface area (TPSA) is 0 Å². The van der Waals surface area contributed by atoms with Gasteiger partial charge in [0.25, 0.3) is 0 Å².